The van der Waals surface area contributed by atoms with Crippen molar-refractivity contribution in [3.8, 4) is 0 Å². The molecule has 16 heavy (non-hydrogen) atoms. The maximum atomic E-state index is 10.9. The van der Waals surface area contributed by atoms with Crippen LogP contribution in [-0.2, 0) is 14.6 Å². The molecule has 7 heteroatoms. The molecule has 0 aromatic heterocycles. The number of nitrogens with two attached hydrogens (primary N) is 1. The average molecular weight is 269 g/mol. The van der Waals surface area contributed by atoms with Crippen LogP contribution < -0.4 is 5.73 Å². The van der Waals surface area contributed by atoms with Crippen molar-refractivity contribution in [1.29, 1.82) is 0 Å². The lowest BCUT2D eigenvalue weighted by Crippen LogP contribution is -2.46. The van der Waals surface area contributed by atoms with Crippen LogP contribution in [-0.4, -0.2) is 48.0 Å². The molecule has 0 bridgehead atoms. The number of carboxylic acids is 1. The fourth-order valence-electron chi connectivity index (χ4n) is 1.04. The van der Waals surface area contributed by atoms with Crippen LogP contribution >= 0.6 is 11.8 Å². The molecule has 0 heterocycles. The molecule has 0 amide bonds. The van der Waals surface area contributed by atoms with Gasteiger partial charge >= 0.3 is 5.97 Å². The molecule has 0 aromatic carbocycles. The minimum absolute atomic E-state index is 0.123. The first-order valence-corrected chi connectivity index (χ1v) is 7.91. The van der Waals surface area contributed by atoms with Gasteiger partial charge in [-0.15, -0.1) is 0 Å². The molecule has 0 aliphatic carbocycles. The Morgan fingerprint density at radius 3 is 2.38 bits per heavy atom. The van der Waals surface area contributed by atoms with Gasteiger partial charge in [0.1, 0.15) is 15.9 Å². The fourth-order valence-corrected chi connectivity index (χ4v) is 2.99. The van der Waals surface area contributed by atoms with Gasteiger partial charge in [0.2, 0.25) is 0 Å². The van der Waals surface area contributed by atoms with Crippen molar-refractivity contribution in [3.63, 3.8) is 0 Å². The van der Waals surface area contributed by atoms with E-state index < -0.39 is 26.6 Å². The Hall–Kier alpha value is -0.270. The SMILES string of the molecule is CC(C)(SCCCS(C)(=O)=O)[C@H](N)C(=O)O. The topological polar surface area (TPSA) is 97.5 Å². The summed E-state index contributed by atoms with van der Waals surface area (Å²) < 4.78 is 21.1. The lowest BCUT2D eigenvalue weighted by molar-refractivity contribution is -0.139. The van der Waals surface area contributed by atoms with Gasteiger partial charge in [-0.3, -0.25) is 4.79 Å². The van der Waals surface area contributed by atoms with E-state index in [4.69, 9.17) is 10.8 Å². The number of rotatable bonds is 7. The van der Waals surface area contributed by atoms with Crippen molar-refractivity contribution < 1.29 is 18.3 Å². The molecule has 0 aromatic rings. The number of hydrogen-bond donors (Lipinski definition) is 2. The third-order valence-corrected chi connectivity index (χ3v) is 4.67. The summed E-state index contributed by atoms with van der Waals surface area (Å²) >= 11 is 1.39. The van der Waals surface area contributed by atoms with Crippen molar-refractivity contribution in [1.82, 2.24) is 0 Å². The van der Waals surface area contributed by atoms with Crippen LogP contribution in [0.2, 0.25) is 0 Å². The van der Waals surface area contributed by atoms with Crippen LogP contribution in [0.4, 0.5) is 0 Å². The monoisotopic (exact) mass is 269 g/mol. The van der Waals surface area contributed by atoms with Gasteiger partial charge < -0.3 is 10.8 Å². The molecule has 0 aliphatic heterocycles. The van der Waals surface area contributed by atoms with Gasteiger partial charge in [0.05, 0.1) is 5.75 Å². The molecule has 0 saturated heterocycles. The van der Waals surface area contributed by atoms with Gasteiger partial charge in [-0.2, -0.15) is 11.8 Å². The van der Waals surface area contributed by atoms with Gasteiger partial charge in [-0.1, -0.05) is 0 Å². The lowest BCUT2D eigenvalue weighted by Gasteiger charge is -2.27. The first kappa shape index (κ1) is 15.7. The summed E-state index contributed by atoms with van der Waals surface area (Å²) in [6.07, 6.45) is 1.70. The van der Waals surface area contributed by atoms with Crippen molar-refractivity contribution in [3.05, 3.63) is 0 Å². The normalized spacial score (nSPS) is 14.8. The van der Waals surface area contributed by atoms with E-state index in [-0.39, 0.29) is 5.75 Å². The second kappa shape index (κ2) is 5.88. The minimum atomic E-state index is -2.94. The Morgan fingerprint density at radius 1 is 1.50 bits per heavy atom. The molecule has 96 valence electrons. The van der Waals surface area contributed by atoms with Gasteiger partial charge in [0, 0.05) is 11.0 Å². The van der Waals surface area contributed by atoms with Gasteiger partial charge in [0.15, 0.2) is 0 Å². The molecule has 3 N–H and O–H groups in total. The van der Waals surface area contributed by atoms with E-state index in [1.807, 2.05) is 0 Å². The van der Waals surface area contributed by atoms with Crippen LogP contribution in [0.3, 0.4) is 0 Å². The molecule has 0 aliphatic rings. The van der Waals surface area contributed by atoms with E-state index >= 15 is 0 Å². The summed E-state index contributed by atoms with van der Waals surface area (Å²) in [6.45, 7) is 3.49. The summed E-state index contributed by atoms with van der Waals surface area (Å²) in [5, 5.41) is 8.77. The Bertz CT molecular complexity index is 337. The standard InChI is InChI=1S/C9H19NO4S2/c1-9(2,7(10)8(11)12)15-5-4-6-16(3,13)14/h7H,4-6,10H2,1-3H3,(H,11,12)/t7-/m1/s1. The molecule has 0 spiro atoms. The van der Waals surface area contributed by atoms with E-state index in [9.17, 15) is 13.2 Å². The quantitative estimate of drug-likeness (QED) is 0.647. The number of aliphatic carboxylic acids is 1. The van der Waals surface area contributed by atoms with Crippen LogP contribution in [0.25, 0.3) is 0 Å². The first-order valence-electron chi connectivity index (χ1n) is 4.86. The van der Waals surface area contributed by atoms with Crippen LogP contribution in [0.5, 0.6) is 0 Å². The average Bonchev–Trinajstić information content (AvgIpc) is 2.09. The van der Waals surface area contributed by atoms with Crippen molar-refractivity contribution in [2.75, 3.05) is 17.8 Å². The van der Waals surface area contributed by atoms with Crippen LogP contribution in [0, 0.1) is 0 Å². The number of hydrogen-bond acceptors (Lipinski definition) is 5. The summed E-state index contributed by atoms with van der Waals surface area (Å²) in [4.78, 5) is 10.7. The zero-order chi connectivity index (χ0) is 13.0. The molecule has 0 saturated carbocycles. The van der Waals surface area contributed by atoms with Gasteiger partial charge in [-0.25, -0.2) is 8.42 Å². The highest BCUT2D eigenvalue weighted by Gasteiger charge is 2.32. The van der Waals surface area contributed by atoms with Gasteiger partial charge in [0.25, 0.3) is 0 Å². The Morgan fingerprint density at radius 2 is 2.00 bits per heavy atom. The maximum Gasteiger partial charge on any atom is 0.321 e. The van der Waals surface area contributed by atoms with E-state index in [0.717, 1.165) is 0 Å². The molecular weight excluding hydrogens is 250 g/mol. The molecule has 1 atom stereocenters. The Balaban J connectivity index is 4.05. The van der Waals surface area contributed by atoms with Gasteiger partial charge in [-0.05, 0) is 26.0 Å². The lowest BCUT2D eigenvalue weighted by atomic mass is 10.1. The van der Waals surface area contributed by atoms with E-state index in [0.29, 0.717) is 12.2 Å². The molecular formula is C9H19NO4S2. The number of carbonyl (C=O) groups is 1. The van der Waals surface area contributed by atoms with Crippen LogP contribution in [0.15, 0.2) is 0 Å². The van der Waals surface area contributed by atoms with Crippen LogP contribution in [0.1, 0.15) is 20.3 Å². The third-order valence-electron chi connectivity index (χ3n) is 2.15. The molecule has 0 radical (unpaired) electrons. The Labute approximate surface area is 101 Å². The summed E-state index contributed by atoms with van der Waals surface area (Å²) in [5.74, 6) is -0.333. The molecule has 0 fully saturated rings. The largest absolute Gasteiger partial charge is 0.480 e. The van der Waals surface area contributed by atoms with Crippen molar-refractivity contribution >= 4 is 27.6 Å². The molecule has 5 nitrogen and oxygen atoms in total. The summed E-state index contributed by atoms with van der Waals surface area (Å²) in [7, 11) is -2.94. The third kappa shape index (κ3) is 6.34. The molecule has 0 unspecified atom stereocenters. The maximum absolute atomic E-state index is 10.9. The summed E-state index contributed by atoms with van der Waals surface area (Å²) in [5.41, 5.74) is 5.52. The number of thioether (sulfide) groups is 1. The fraction of sp³-hybridized carbons (Fsp3) is 0.889. The minimum Gasteiger partial charge on any atom is -0.480 e. The predicted octanol–water partition coefficient (Wildman–Crippen LogP) is 0.345. The zero-order valence-corrected chi connectivity index (χ0v) is 11.4. The second-order valence-electron chi connectivity index (χ2n) is 4.25. The van der Waals surface area contributed by atoms with E-state index in [2.05, 4.69) is 0 Å². The summed E-state index contributed by atoms with van der Waals surface area (Å²) in [6, 6.07) is -0.948. The van der Waals surface area contributed by atoms with Crippen molar-refractivity contribution in [2.24, 2.45) is 5.73 Å². The highest BCUT2D eigenvalue weighted by Crippen LogP contribution is 2.27. The highest BCUT2D eigenvalue weighted by molar-refractivity contribution is 8.00. The highest BCUT2D eigenvalue weighted by atomic mass is 32.2. The zero-order valence-electron chi connectivity index (χ0n) is 9.76. The predicted molar refractivity (Wildman–Crippen MR) is 66.5 cm³/mol. The number of sulfone groups is 1. The van der Waals surface area contributed by atoms with E-state index in [1.54, 1.807) is 13.8 Å². The Kier molecular flexibility index (Phi) is 5.78. The van der Waals surface area contributed by atoms with Crippen molar-refractivity contribution in [2.45, 2.75) is 31.1 Å². The smallest absolute Gasteiger partial charge is 0.321 e. The first-order chi connectivity index (χ1) is 7.06. The molecule has 0 rings (SSSR count). The second-order valence-corrected chi connectivity index (χ2v) is 8.26. The number of carboxylic acid groups (broad SMARTS) is 1. The van der Waals surface area contributed by atoms with E-state index in [1.165, 1.54) is 18.0 Å².